The smallest absolute Gasteiger partial charge is 0.122 e. The quantitative estimate of drug-likeness (QED) is 0.817. The molecule has 1 unspecified atom stereocenters. The van der Waals surface area contributed by atoms with Crippen LogP contribution in [0, 0.1) is 5.92 Å². The van der Waals surface area contributed by atoms with Crippen molar-refractivity contribution >= 4 is 0 Å². The maximum absolute atomic E-state index is 5.58. The first kappa shape index (κ1) is 13.9. The Morgan fingerprint density at radius 3 is 3.00 bits per heavy atom. The number of nitrogens with one attached hydrogen (secondary N) is 1. The summed E-state index contributed by atoms with van der Waals surface area (Å²) in [6.45, 7) is 4.18. The SMILES string of the molecule is CCNC(CCc1ccc2c(c1)CCO2)CC1CCC1. The number of rotatable bonds is 7. The molecule has 1 atom stereocenters. The number of ether oxygens (including phenoxy) is 1. The summed E-state index contributed by atoms with van der Waals surface area (Å²) in [5, 5.41) is 3.68. The van der Waals surface area contributed by atoms with Gasteiger partial charge in [-0.1, -0.05) is 38.3 Å². The van der Waals surface area contributed by atoms with Crippen molar-refractivity contribution in [3.05, 3.63) is 29.3 Å². The highest BCUT2D eigenvalue weighted by atomic mass is 16.5. The molecule has 1 aliphatic heterocycles. The van der Waals surface area contributed by atoms with Crippen LogP contribution in [0.5, 0.6) is 5.75 Å². The molecule has 1 N–H and O–H groups in total. The van der Waals surface area contributed by atoms with Crippen molar-refractivity contribution in [1.29, 1.82) is 0 Å². The first-order valence-electron chi connectivity index (χ1n) is 8.33. The predicted octanol–water partition coefficient (Wildman–Crippen LogP) is 3.72. The van der Waals surface area contributed by atoms with Crippen LogP contribution in [-0.2, 0) is 12.8 Å². The zero-order valence-electron chi connectivity index (χ0n) is 12.7. The molecule has 0 amide bonds. The van der Waals surface area contributed by atoms with Crippen LogP contribution in [0.2, 0.25) is 0 Å². The molecule has 0 aromatic heterocycles. The highest BCUT2D eigenvalue weighted by Gasteiger charge is 2.21. The fraction of sp³-hybridized carbons (Fsp3) is 0.667. The van der Waals surface area contributed by atoms with Gasteiger partial charge < -0.3 is 10.1 Å². The molecule has 1 aromatic rings. The Morgan fingerprint density at radius 1 is 1.35 bits per heavy atom. The molecule has 1 saturated carbocycles. The van der Waals surface area contributed by atoms with Crippen LogP contribution >= 0.6 is 0 Å². The van der Waals surface area contributed by atoms with Gasteiger partial charge in [-0.2, -0.15) is 0 Å². The van der Waals surface area contributed by atoms with E-state index in [4.69, 9.17) is 4.74 Å². The summed E-state index contributed by atoms with van der Waals surface area (Å²) >= 11 is 0. The van der Waals surface area contributed by atoms with Crippen molar-refractivity contribution < 1.29 is 4.74 Å². The standard InChI is InChI=1S/C18H27NO/c1-2-19-17(13-14-4-3-5-14)8-6-15-7-9-18-16(12-15)10-11-20-18/h7,9,12,14,17,19H,2-6,8,10-11,13H2,1H3. The number of aryl methyl sites for hydroxylation is 1. The zero-order chi connectivity index (χ0) is 13.8. The second kappa shape index (κ2) is 6.62. The topological polar surface area (TPSA) is 21.3 Å². The number of benzene rings is 1. The lowest BCUT2D eigenvalue weighted by Crippen LogP contribution is -2.33. The summed E-state index contributed by atoms with van der Waals surface area (Å²) < 4.78 is 5.58. The van der Waals surface area contributed by atoms with E-state index < -0.39 is 0 Å². The fourth-order valence-electron chi connectivity index (χ4n) is 3.46. The minimum absolute atomic E-state index is 0.704. The van der Waals surface area contributed by atoms with Gasteiger partial charge >= 0.3 is 0 Å². The van der Waals surface area contributed by atoms with Crippen molar-refractivity contribution in [2.45, 2.75) is 57.9 Å². The molecule has 0 saturated heterocycles. The van der Waals surface area contributed by atoms with Crippen molar-refractivity contribution in [1.82, 2.24) is 5.32 Å². The van der Waals surface area contributed by atoms with Crippen molar-refractivity contribution in [3.63, 3.8) is 0 Å². The van der Waals surface area contributed by atoms with E-state index in [1.54, 1.807) is 0 Å². The number of hydrogen-bond donors (Lipinski definition) is 1. The molecule has 0 spiro atoms. The third kappa shape index (κ3) is 3.35. The molecule has 2 heteroatoms. The zero-order valence-corrected chi connectivity index (χ0v) is 12.7. The highest BCUT2D eigenvalue weighted by Crippen LogP contribution is 2.31. The number of fused-ring (bicyclic) bond motifs is 1. The van der Waals surface area contributed by atoms with E-state index in [0.29, 0.717) is 6.04 Å². The Bertz CT molecular complexity index is 439. The first-order valence-corrected chi connectivity index (χ1v) is 8.33. The second-order valence-electron chi connectivity index (χ2n) is 6.37. The van der Waals surface area contributed by atoms with Crippen LogP contribution in [-0.4, -0.2) is 19.2 Å². The second-order valence-corrected chi connectivity index (χ2v) is 6.37. The van der Waals surface area contributed by atoms with E-state index in [2.05, 4.69) is 30.4 Å². The monoisotopic (exact) mass is 273 g/mol. The lowest BCUT2D eigenvalue weighted by Gasteiger charge is -2.30. The van der Waals surface area contributed by atoms with Gasteiger partial charge in [-0.15, -0.1) is 0 Å². The van der Waals surface area contributed by atoms with Gasteiger partial charge in [0.1, 0.15) is 5.75 Å². The molecule has 110 valence electrons. The lowest BCUT2D eigenvalue weighted by molar-refractivity contribution is 0.255. The van der Waals surface area contributed by atoms with E-state index in [1.807, 2.05) is 0 Å². The predicted molar refractivity (Wildman–Crippen MR) is 83.4 cm³/mol. The molecule has 2 nitrogen and oxygen atoms in total. The Balaban J connectivity index is 1.53. The molecular weight excluding hydrogens is 246 g/mol. The van der Waals surface area contributed by atoms with E-state index in [0.717, 1.165) is 31.2 Å². The van der Waals surface area contributed by atoms with Crippen LogP contribution < -0.4 is 10.1 Å². The Kier molecular flexibility index (Phi) is 4.62. The van der Waals surface area contributed by atoms with Crippen LogP contribution in [0.4, 0.5) is 0 Å². The molecule has 1 heterocycles. The molecule has 20 heavy (non-hydrogen) atoms. The molecule has 1 fully saturated rings. The maximum Gasteiger partial charge on any atom is 0.122 e. The molecular formula is C18H27NO. The first-order chi connectivity index (χ1) is 9.85. The van der Waals surface area contributed by atoms with E-state index >= 15 is 0 Å². The maximum atomic E-state index is 5.58. The van der Waals surface area contributed by atoms with Gasteiger partial charge in [0, 0.05) is 12.5 Å². The minimum atomic E-state index is 0.704. The van der Waals surface area contributed by atoms with Gasteiger partial charge in [-0.25, -0.2) is 0 Å². The van der Waals surface area contributed by atoms with Gasteiger partial charge in [0.2, 0.25) is 0 Å². The average Bonchev–Trinajstić information content (AvgIpc) is 2.87. The van der Waals surface area contributed by atoms with Crippen molar-refractivity contribution in [2.24, 2.45) is 5.92 Å². The van der Waals surface area contributed by atoms with Gasteiger partial charge in [0.05, 0.1) is 6.61 Å². The van der Waals surface area contributed by atoms with Crippen molar-refractivity contribution in [3.8, 4) is 5.75 Å². The third-order valence-electron chi connectivity index (χ3n) is 4.87. The molecule has 2 aliphatic rings. The summed E-state index contributed by atoms with van der Waals surface area (Å²) in [7, 11) is 0. The van der Waals surface area contributed by atoms with Crippen LogP contribution in [0.25, 0.3) is 0 Å². The summed E-state index contributed by atoms with van der Waals surface area (Å²) in [6.07, 6.45) is 9.29. The largest absolute Gasteiger partial charge is 0.493 e. The van der Waals surface area contributed by atoms with E-state index in [-0.39, 0.29) is 0 Å². The average molecular weight is 273 g/mol. The Morgan fingerprint density at radius 2 is 2.25 bits per heavy atom. The summed E-state index contributed by atoms with van der Waals surface area (Å²) in [5.41, 5.74) is 2.88. The minimum Gasteiger partial charge on any atom is -0.493 e. The lowest BCUT2D eigenvalue weighted by atomic mass is 9.80. The van der Waals surface area contributed by atoms with Crippen LogP contribution in [0.3, 0.4) is 0 Å². The van der Waals surface area contributed by atoms with Crippen LogP contribution in [0.1, 0.15) is 50.2 Å². The number of hydrogen-bond acceptors (Lipinski definition) is 2. The van der Waals surface area contributed by atoms with Gasteiger partial charge in [0.25, 0.3) is 0 Å². The highest BCUT2D eigenvalue weighted by molar-refractivity contribution is 5.39. The summed E-state index contributed by atoms with van der Waals surface area (Å²) in [4.78, 5) is 0. The Hall–Kier alpha value is -1.02. The molecule has 0 radical (unpaired) electrons. The van der Waals surface area contributed by atoms with Gasteiger partial charge in [0.15, 0.2) is 0 Å². The summed E-state index contributed by atoms with van der Waals surface area (Å²) in [6, 6.07) is 7.46. The van der Waals surface area contributed by atoms with E-state index in [1.165, 1.54) is 49.7 Å². The summed E-state index contributed by atoms with van der Waals surface area (Å²) in [5.74, 6) is 2.10. The van der Waals surface area contributed by atoms with Crippen molar-refractivity contribution in [2.75, 3.05) is 13.2 Å². The Labute approximate surface area is 122 Å². The molecule has 0 bridgehead atoms. The molecule has 1 aromatic carbocycles. The normalized spacial score (nSPS) is 19.2. The third-order valence-corrected chi connectivity index (χ3v) is 4.87. The molecule has 1 aliphatic carbocycles. The van der Waals surface area contributed by atoms with Crippen LogP contribution in [0.15, 0.2) is 18.2 Å². The van der Waals surface area contributed by atoms with Gasteiger partial charge in [-0.05, 0) is 48.9 Å². The van der Waals surface area contributed by atoms with E-state index in [9.17, 15) is 0 Å². The fourth-order valence-corrected chi connectivity index (χ4v) is 3.46. The molecule has 3 rings (SSSR count). The van der Waals surface area contributed by atoms with Gasteiger partial charge in [-0.3, -0.25) is 0 Å².